The highest BCUT2D eigenvalue weighted by atomic mass is 16.4. The lowest BCUT2D eigenvalue weighted by Gasteiger charge is -2.33. The van der Waals surface area contributed by atoms with Gasteiger partial charge in [-0.05, 0) is 51.4 Å². The SMILES string of the molecule is CN1CCCC1C1CCCN1C(=O)CCn1c(=O)oc2ccccc21. The second-order valence-corrected chi connectivity index (χ2v) is 7.22. The molecule has 1 aromatic heterocycles. The van der Waals surface area contributed by atoms with Gasteiger partial charge in [-0.25, -0.2) is 4.79 Å². The number of aromatic nitrogens is 1. The molecule has 2 atom stereocenters. The number of carbonyl (C=O) groups is 1. The fourth-order valence-corrected chi connectivity index (χ4v) is 4.50. The number of fused-ring (bicyclic) bond motifs is 1. The summed E-state index contributed by atoms with van der Waals surface area (Å²) >= 11 is 0. The number of oxazole rings is 1. The van der Waals surface area contributed by atoms with E-state index in [-0.39, 0.29) is 11.7 Å². The van der Waals surface area contributed by atoms with E-state index in [0.717, 1.165) is 31.4 Å². The van der Waals surface area contributed by atoms with E-state index in [9.17, 15) is 9.59 Å². The van der Waals surface area contributed by atoms with Crippen molar-refractivity contribution in [2.75, 3.05) is 20.1 Å². The van der Waals surface area contributed by atoms with E-state index in [1.807, 2.05) is 18.2 Å². The maximum atomic E-state index is 12.8. The summed E-state index contributed by atoms with van der Waals surface area (Å²) in [6, 6.07) is 8.18. The fourth-order valence-electron chi connectivity index (χ4n) is 4.50. The van der Waals surface area contributed by atoms with Gasteiger partial charge in [-0.3, -0.25) is 9.36 Å². The summed E-state index contributed by atoms with van der Waals surface area (Å²) in [6.07, 6.45) is 4.91. The van der Waals surface area contributed by atoms with Crippen molar-refractivity contribution in [2.45, 2.75) is 50.7 Å². The van der Waals surface area contributed by atoms with Gasteiger partial charge in [0.2, 0.25) is 5.91 Å². The standard InChI is InChI=1S/C19H25N3O3/c1-20-11-4-7-14(20)15-8-5-12-21(15)18(23)10-13-22-16-6-2-3-9-17(16)25-19(22)24/h2-3,6,9,14-15H,4-5,7-8,10-13H2,1H3. The third kappa shape index (κ3) is 2.99. The van der Waals surface area contributed by atoms with Crippen LogP contribution in [0.1, 0.15) is 32.1 Å². The second-order valence-electron chi connectivity index (χ2n) is 7.22. The van der Waals surface area contributed by atoms with Gasteiger partial charge in [-0.1, -0.05) is 12.1 Å². The lowest BCUT2D eigenvalue weighted by atomic mass is 10.0. The third-order valence-corrected chi connectivity index (χ3v) is 5.76. The smallest absolute Gasteiger partial charge is 0.408 e. The highest BCUT2D eigenvalue weighted by Gasteiger charge is 2.38. The summed E-state index contributed by atoms with van der Waals surface area (Å²) in [5.41, 5.74) is 1.33. The Bertz CT molecular complexity index is 825. The van der Waals surface area contributed by atoms with Crippen LogP contribution in [0.3, 0.4) is 0 Å². The zero-order valence-corrected chi connectivity index (χ0v) is 14.7. The van der Waals surface area contributed by atoms with Gasteiger partial charge in [0.05, 0.1) is 5.52 Å². The van der Waals surface area contributed by atoms with Crippen LogP contribution >= 0.6 is 0 Å². The van der Waals surface area contributed by atoms with Gasteiger partial charge in [0.1, 0.15) is 0 Å². The molecule has 2 unspecified atom stereocenters. The molecule has 134 valence electrons. The maximum Gasteiger partial charge on any atom is 0.419 e. The minimum absolute atomic E-state index is 0.153. The molecule has 0 bridgehead atoms. The van der Waals surface area contributed by atoms with E-state index < -0.39 is 0 Å². The fraction of sp³-hybridized carbons (Fsp3) is 0.579. The number of amides is 1. The molecule has 2 fully saturated rings. The van der Waals surface area contributed by atoms with Crippen LogP contribution in [0.2, 0.25) is 0 Å². The van der Waals surface area contributed by atoms with Crippen LogP contribution in [0.15, 0.2) is 33.5 Å². The lowest BCUT2D eigenvalue weighted by Crippen LogP contribution is -2.47. The van der Waals surface area contributed by atoms with E-state index in [0.29, 0.717) is 30.6 Å². The van der Waals surface area contributed by atoms with Crippen molar-refractivity contribution in [1.29, 1.82) is 0 Å². The molecule has 1 aromatic carbocycles. The van der Waals surface area contributed by atoms with Crippen molar-refractivity contribution in [1.82, 2.24) is 14.4 Å². The van der Waals surface area contributed by atoms with Crippen LogP contribution in [0.5, 0.6) is 0 Å². The molecule has 2 aromatic rings. The topological polar surface area (TPSA) is 58.7 Å². The first kappa shape index (κ1) is 16.4. The normalized spacial score (nSPS) is 24.4. The van der Waals surface area contributed by atoms with Crippen LogP contribution in [-0.4, -0.2) is 52.5 Å². The molecule has 1 amide bonds. The van der Waals surface area contributed by atoms with Crippen molar-refractivity contribution in [3.63, 3.8) is 0 Å². The molecular weight excluding hydrogens is 318 g/mol. The number of rotatable bonds is 4. The van der Waals surface area contributed by atoms with Crippen LogP contribution < -0.4 is 5.76 Å². The number of benzene rings is 1. The highest BCUT2D eigenvalue weighted by molar-refractivity contribution is 5.77. The van der Waals surface area contributed by atoms with Gasteiger partial charge >= 0.3 is 5.76 Å². The van der Waals surface area contributed by atoms with Crippen molar-refractivity contribution in [2.24, 2.45) is 0 Å². The zero-order valence-electron chi connectivity index (χ0n) is 14.7. The molecule has 3 heterocycles. The molecular formula is C19H25N3O3. The highest BCUT2D eigenvalue weighted by Crippen LogP contribution is 2.29. The van der Waals surface area contributed by atoms with Crippen molar-refractivity contribution < 1.29 is 9.21 Å². The Morgan fingerprint density at radius 2 is 1.92 bits per heavy atom. The van der Waals surface area contributed by atoms with Crippen molar-refractivity contribution >= 4 is 17.0 Å². The summed E-state index contributed by atoms with van der Waals surface area (Å²) < 4.78 is 6.82. The molecule has 2 aliphatic rings. The Labute approximate surface area is 147 Å². The van der Waals surface area contributed by atoms with Crippen LogP contribution in [0.4, 0.5) is 0 Å². The average Bonchev–Trinajstić information content (AvgIpc) is 3.30. The summed E-state index contributed by atoms with van der Waals surface area (Å²) in [6.45, 7) is 2.34. The van der Waals surface area contributed by atoms with Gasteiger partial charge in [0, 0.05) is 31.6 Å². The van der Waals surface area contributed by atoms with Crippen molar-refractivity contribution in [3.8, 4) is 0 Å². The summed E-state index contributed by atoms with van der Waals surface area (Å²) in [5.74, 6) is -0.234. The van der Waals surface area contributed by atoms with E-state index in [1.54, 1.807) is 10.6 Å². The summed E-state index contributed by atoms with van der Waals surface area (Å²) in [5, 5.41) is 0. The second kappa shape index (κ2) is 6.67. The molecule has 4 rings (SSSR count). The molecule has 2 aliphatic heterocycles. The van der Waals surface area contributed by atoms with E-state index in [4.69, 9.17) is 4.42 Å². The quantitative estimate of drug-likeness (QED) is 0.853. The Morgan fingerprint density at radius 3 is 2.72 bits per heavy atom. The first-order valence-corrected chi connectivity index (χ1v) is 9.23. The number of aryl methyl sites for hydroxylation is 1. The lowest BCUT2D eigenvalue weighted by molar-refractivity contribution is -0.133. The Morgan fingerprint density at radius 1 is 1.16 bits per heavy atom. The molecule has 25 heavy (non-hydrogen) atoms. The van der Waals surface area contributed by atoms with E-state index in [2.05, 4.69) is 16.8 Å². The number of likely N-dealkylation sites (tertiary alicyclic amines) is 2. The average molecular weight is 343 g/mol. The number of likely N-dealkylation sites (N-methyl/N-ethyl adjacent to an activating group) is 1. The summed E-state index contributed by atoms with van der Waals surface area (Å²) in [4.78, 5) is 29.3. The molecule has 0 aliphatic carbocycles. The molecule has 0 saturated carbocycles. The Kier molecular flexibility index (Phi) is 4.37. The third-order valence-electron chi connectivity index (χ3n) is 5.76. The van der Waals surface area contributed by atoms with Gasteiger partial charge in [0.25, 0.3) is 0 Å². The maximum absolute atomic E-state index is 12.8. The number of carbonyl (C=O) groups excluding carboxylic acids is 1. The molecule has 6 heteroatoms. The molecule has 2 saturated heterocycles. The Balaban J connectivity index is 1.46. The predicted molar refractivity (Wildman–Crippen MR) is 95.5 cm³/mol. The van der Waals surface area contributed by atoms with Gasteiger partial charge in [-0.2, -0.15) is 0 Å². The van der Waals surface area contributed by atoms with Gasteiger partial charge < -0.3 is 14.2 Å². The largest absolute Gasteiger partial charge is 0.419 e. The zero-order chi connectivity index (χ0) is 17.4. The molecule has 0 spiro atoms. The van der Waals surface area contributed by atoms with Crippen LogP contribution in [0.25, 0.3) is 11.1 Å². The van der Waals surface area contributed by atoms with Crippen LogP contribution in [0, 0.1) is 0 Å². The molecule has 6 nitrogen and oxygen atoms in total. The van der Waals surface area contributed by atoms with Gasteiger partial charge in [-0.15, -0.1) is 0 Å². The first-order valence-electron chi connectivity index (χ1n) is 9.23. The minimum Gasteiger partial charge on any atom is -0.408 e. The first-order chi connectivity index (χ1) is 12.1. The number of hydrogen-bond donors (Lipinski definition) is 0. The van der Waals surface area contributed by atoms with E-state index >= 15 is 0 Å². The van der Waals surface area contributed by atoms with Crippen LogP contribution in [-0.2, 0) is 11.3 Å². The summed E-state index contributed by atoms with van der Waals surface area (Å²) in [7, 11) is 2.16. The molecule has 0 N–H and O–H groups in total. The molecule has 0 radical (unpaired) electrons. The monoisotopic (exact) mass is 343 g/mol. The number of para-hydroxylation sites is 2. The number of nitrogens with zero attached hydrogens (tertiary/aromatic N) is 3. The van der Waals surface area contributed by atoms with E-state index in [1.165, 1.54) is 12.8 Å². The Hall–Kier alpha value is -2.08. The van der Waals surface area contributed by atoms with Crippen molar-refractivity contribution in [3.05, 3.63) is 34.8 Å². The van der Waals surface area contributed by atoms with Gasteiger partial charge in [0.15, 0.2) is 5.58 Å². The minimum atomic E-state index is -0.387. The number of hydrogen-bond acceptors (Lipinski definition) is 4. The predicted octanol–water partition coefficient (Wildman–Crippen LogP) is 2.07.